The van der Waals surface area contributed by atoms with Crippen LogP contribution in [0.5, 0.6) is 5.88 Å². The van der Waals surface area contributed by atoms with Crippen LogP contribution in [-0.4, -0.2) is 79.2 Å². The van der Waals surface area contributed by atoms with Crippen LogP contribution in [0.3, 0.4) is 0 Å². The molecule has 1 saturated heterocycles. The predicted octanol–water partition coefficient (Wildman–Crippen LogP) is 3.30. The first-order chi connectivity index (χ1) is 19.1. The number of hydrogen-bond donors (Lipinski definition) is 3. The zero-order valence-corrected chi connectivity index (χ0v) is 24.3. The summed E-state index contributed by atoms with van der Waals surface area (Å²) in [5.41, 5.74) is 1.13. The van der Waals surface area contributed by atoms with Crippen molar-refractivity contribution in [3.05, 3.63) is 35.8 Å². The Morgan fingerprint density at radius 3 is 2.70 bits per heavy atom. The maximum absolute atomic E-state index is 13.7. The van der Waals surface area contributed by atoms with Gasteiger partial charge in [-0.15, -0.1) is 11.3 Å². The van der Waals surface area contributed by atoms with Gasteiger partial charge < -0.3 is 20.5 Å². The smallest absolute Gasteiger partial charge is 0.251 e. The molecule has 214 valence electrons. The average Bonchev–Trinajstić information content (AvgIpc) is 3.42. The number of carbonyl (C=O) groups is 2. The van der Waals surface area contributed by atoms with Gasteiger partial charge >= 0.3 is 0 Å². The molecule has 0 spiro atoms. The summed E-state index contributed by atoms with van der Waals surface area (Å²) < 4.78 is 7.35. The molecule has 3 aromatic rings. The minimum atomic E-state index is -1.29. The lowest BCUT2D eigenvalue weighted by Crippen LogP contribution is -2.56. The second-order valence-corrected chi connectivity index (χ2v) is 12.6. The largest absolute Gasteiger partial charge is 0.472 e. The van der Waals surface area contributed by atoms with Crippen LogP contribution in [0.15, 0.2) is 35.8 Å². The summed E-state index contributed by atoms with van der Waals surface area (Å²) in [5.74, 6) is 0.337. The molecule has 1 unspecified atom stereocenters. The Morgan fingerprint density at radius 2 is 2.02 bits per heavy atom. The normalized spacial score (nSPS) is 21.2. The number of nitrogens with one attached hydrogen (secondary N) is 2. The van der Waals surface area contributed by atoms with E-state index in [9.17, 15) is 14.7 Å². The molecule has 0 bridgehead atoms. The summed E-state index contributed by atoms with van der Waals surface area (Å²) in [7, 11) is 0. The van der Waals surface area contributed by atoms with E-state index in [1.165, 1.54) is 11.3 Å². The van der Waals surface area contributed by atoms with Gasteiger partial charge in [0.1, 0.15) is 16.5 Å². The standard InChI is InChI=1S/C29H38N6O4S/c1-5-8-19(23(36)27(38)31-17-10-11-17)33-26(37)22-15-18(16-35(22)29(2,3)4)39-28-24-20(12-14-40-24)32-25(34-28)21-9-6-7-13-30-21/h6-7,9,12-14,17-19,22-23,36H,5,8,10-11,15-16H2,1-4H3,(H,31,38)(H,33,37)/t18-,19+,22+,23?/m1/s1. The number of ether oxygens (including phenoxy) is 1. The van der Waals surface area contributed by atoms with E-state index in [0.717, 1.165) is 29.5 Å². The number of nitrogens with zero attached hydrogens (tertiary/aromatic N) is 4. The molecule has 3 aromatic heterocycles. The highest BCUT2D eigenvalue weighted by atomic mass is 32.1. The first-order valence-corrected chi connectivity index (χ1v) is 14.9. The Balaban J connectivity index is 1.34. The summed E-state index contributed by atoms with van der Waals surface area (Å²) in [4.78, 5) is 42.1. The number of aromatic nitrogens is 3. The van der Waals surface area contributed by atoms with Crippen LogP contribution in [0.1, 0.15) is 59.8 Å². The van der Waals surface area contributed by atoms with Crippen LogP contribution in [-0.2, 0) is 9.59 Å². The van der Waals surface area contributed by atoms with Gasteiger partial charge in [0, 0.05) is 30.7 Å². The Kier molecular flexibility index (Phi) is 8.34. The number of hydrogen-bond acceptors (Lipinski definition) is 9. The Hall–Kier alpha value is -3.15. The molecule has 40 heavy (non-hydrogen) atoms. The Labute approximate surface area is 238 Å². The second-order valence-electron chi connectivity index (χ2n) is 11.6. The van der Waals surface area contributed by atoms with Gasteiger partial charge in [-0.3, -0.25) is 19.5 Å². The van der Waals surface area contributed by atoms with Crippen molar-refractivity contribution in [1.29, 1.82) is 0 Å². The van der Waals surface area contributed by atoms with Crippen molar-refractivity contribution in [2.24, 2.45) is 0 Å². The Morgan fingerprint density at radius 1 is 1.23 bits per heavy atom. The van der Waals surface area contributed by atoms with E-state index in [2.05, 4.69) is 46.3 Å². The van der Waals surface area contributed by atoms with Crippen LogP contribution in [0, 0.1) is 0 Å². The van der Waals surface area contributed by atoms with Crippen molar-refractivity contribution < 1.29 is 19.4 Å². The number of carbonyl (C=O) groups excluding carboxylic acids is 2. The van der Waals surface area contributed by atoms with Gasteiger partial charge in [0.25, 0.3) is 5.91 Å². The molecule has 2 aliphatic rings. The molecule has 0 aromatic carbocycles. The molecular formula is C29H38N6O4S. The van der Waals surface area contributed by atoms with Gasteiger partial charge in [0.15, 0.2) is 11.9 Å². The van der Waals surface area contributed by atoms with Crippen molar-refractivity contribution in [1.82, 2.24) is 30.5 Å². The molecule has 2 fully saturated rings. The van der Waals surface area contributed by atoms with E-state index >= 15 is 0 Å². The monoisotopic (exact) mass is 566 g/mol. The van der Waals surface area contributed by atoms with Crippen molar-refractivity contribution in [3.8, 4) is 17.4 Å². The van der Waals surface area contributed by atoms with E-state index in [0.29, 0.717) is 36.8 Å². The maximum Gasteiger partial charge on any atom is 0.251 e. The fourth-order valence-corrected chi connectivity index (χ4v) is 5.91. The topological polar surface area (TPSA) is 130 Å². The van der Waals surface area contributed by atoms with Crippen LogP contribution in [0.2, 0.25) is 0 Å². The number of aliphatic hydroxyl groups is 1. The number of amides is 2. The molecule has 5 rings (SSSR count). The van der Waals surface area contributed by atoms with E-state index in [-0.39, 0.29) is 23.6 Å². The van der Waals surface area contributed by atoms with Gasteiger partial charge in [0.05, 0.1) is 17.6 Å². The first kappa shape index (κ1) is 28.4. The number of aliphatic hydroxyl groups excluding tert-OH is 1. The maximum atomic E-state index is 13.7. The lowest BCUT2D eigenvalue weighted by molar-refractivity contribution is -0.134. The van der Waals surface area contributed by atoms with Gasteiger partial charge in [-0.2, -0.15) is 4.98 Å². The lowest BCUT2D eigenvalue weighted by Gasteiger charge is -2.36. The summed E-state index contributed by atoms with van der Waals surface area (Å²) >= 11 is 1.51. The highest BCUT2D eigenvalue weighted by Crippen LogP contribution is 2.34. The molecule has 11 heteroatoms. The molecule has 4 heterocycles. The molecule has 1 saturated carbocycles. The van der Waals surface area contributed by atoms with Crippen molar-refractivity contribution in [2.75, 3.05) is 6.54 Å². The van der Waals surface area contributed by atoms with Gasteiger partial charge in [-0.05, 0) is 63.6 Å². The zero-order chi connectivity index (χ0) is 28.4. The van der Waals surface area contributed by atoms with Crippen LogP contribution < -0.4 is 15.4 Å². The van der Waals surface area contributed by atoms with E-state index in [1.54, 1.807) is 6.20 Å². The third kappa shape index (κ3) is 6.42. The van der Waals surface area contributed by atoms with Crippen molar-refractivity contribution >= 4 is 33.4 Å². The van der Waals surface area contributed by atoms with E-state index in [1.807, 2.05) is 36.6 Å². The molecule has 1 aliphatic heterocycles. The number of pyridine rings is 1. The SMILES string of the molecule is CCC[C@H](NC(=O)[C@@H]1C[C@@H](Oc2nc(-c3ccccn3)nc3ccsc23)CN1C(C)(C)C)C(O)C(=O)NC1CC1. The minimum absolute atomic E-state index is 0.138. The first-order valence-electron chi connectivity index (χ1n) is 14.0. The molecule has 10 nitrogen and oxygen atoms in total. The van der Waals surface area contributed by atoms with Crippen molar-refractivity contribution in [2.45, 2.75) is 95.7 Å². The summed E-state index contributed by atoms with van der Waals surface area (Å²) in [6, 6.07) is 6.53. The predicted molar refractivity (Wildman–Crippen MR) is 154 cm³/mol. The molecule has 1 aliphatic carbocycles. The average molecular weight is 567 g/mol. The van der Waals surface area contributed by atoms with Crippen LogP contribution in [0.4, 0.5) is 0 Å². The molecular weight excluding hydrogens is 528 g/mol. The van der Waals surface area contributed by atoms with Gasteiger partial charge in [0.2, 0.25) is 11.8 Å². The molecule has 3 N–H and O–H groups in total. The quantitative estimate of drug-likeness (QED) is 0.341. The van der Waals surface area contributed by atoms with Crippen LogP contribution >= 0.6 is 11.3 Å². The van der Waals surface area contributed by atoms with E-state index < -0.39 is 24.1 Å². The number of thiophene rings is 1. The summed E-state index contributed by atoms with van der Waals surface area (Å²) in [6.07, 6.45) is 3.65. The zero-order valence-electron chi connectivity index (χ0n) is 23.5. The number of fused-ring (bicyclic) bond motifs is 1. The van der Waals surface area contributed by atoms with Gasteiger partial charge in [-0.1, -0.05) is 19.4 Å². The third-order valence-electron chi connectivity index (χ3n) is 7.37. The highest BCUT2D eigenvalue weighted by molar-refractivity contribution is 7.17. The number of likely N-dealkylation sites (tertiary alicyclic amines) is 1. The van der Waals surface area contributed by atoms with Gasteiger partial charge in [-0.25, -0.2) is 4.98 Å². The number of rotatable bonds is 10. The van der Waals surface area contributed by atoms with Crippen LogP contribution in [0.25, 0.3) is 21.7 Å². The molecule has 4 atom stereocenters. The third-order valence-corrected chi connectivity index (χ3v) is 8.26. The lowest BCUT2D eigenvalue weighted by atomic mass is 10.0. The highest BCUT2D eigenvalue weighted by Gasteiger charge is 2.44. The summed E-state index contributed by atoms with van der Waals surface area (Å²) in [6.45, 7) is 8.70. The minimum Gasteiger partial charge on any atom is -0.472 e. The molecule has 0 radical (unpaired) electrons. The fourth-order valence-electron chi connectivity index (χ4n) is 5.15. The van der Waals surface area contributed by atoms with E-state index in [4.69, 9.17) is 9.72 Å². The molecule has 2 amide bonds. The fraction of sp³-hybridized carbons (Fsp3) is 0.552. The van der Waals surface area contributed by atoms with Crippen molar-refractivity contribution in [3.63, 3.8) is 0 Å². The summed E-state index contributed by atoms with van der Waals surface area (Å²) in [5, 5.41) is 18.6. The second kappa shape index (κ2) is 11.8. The Bertz CT molecular complexity index is 1340.